The molecule has 5 nitrogen and oxygen atoms in total. The van der Waals surface area contributed by atoms with Gasteiger partial charge in [0.25, 0.3) is 0 Å². The molecule has 2 saturated carbocycles. The third-order valence-electron chi connectivity index (χ3n) is 3.92. The minimum Gasteiger partial charge on any atom is -0.468 e. The zero-order valence-corrected chi connectivity index (χ0v) is 10.7. The highest BCUT2D eigenvalue weighted by atomic mass is 35.5. The smallest absolute Gasteiger partial charge is 0.325 e. The number of carbonyl (C=O) groups is 2. The molecule has 0 radical (unpaired) electrons. The molecule has 2 rings (SSSR count). The van der Waals surface area contributed by atoms with Gasteiger partial charge >= 0.3 is 5.97 Å². The van der Waals surface area contributed by atoms with E-state index in [2.05, 4.69) is 10.1 Å². The Kier molecular flexibility index (Phi) is 4.77. The number of carbonyl (C=O) groups excluding carboxylic acids is 2. The first-order valence-electron chi connectivity index (χ1n) is 5.73. The molecule has 2 aliphatic rings. The maximum Gasteiger partial charge on any atom is 0.325 e. The third-order valence-corrected chi connectivity index (χ3v) is 3.92. The van der Waals surface area contributed by atoms with Gasteiger partial charge in [0.05, 0.1) is 13.0 Å². The molecule has 2 fully saturated rings. The van der Waals surface area contributed by atoms with Crippen LogP contribution in [0.1, 0.15) is 19.3 Å². The van der Waals surface area contributed by atoms with Gasteiger partial charge in [-0.1, -0.05) is 0 Å². The van der Waals surface area contributed by atoms with Gasteiger partial charge in [-0.15, -0.1) is 12.4 Å². The zero-order valence-electron chi connectivity index (χ0n) is 9.85. The van der Waals surface area contributed by atoms with Crippen molar-refractivity contribution in [3.63, 3.8) is 0 Å². The summed E-state index contributed by atoms with van der Waals surface area (Å²) >= 11 is 0. The Hall–Kier alpha value is -0.810. The molecule has 0 aromatic rings. The first kappa shape index (κ1) is 14.3. The summed E-state index contributed by atoms with van der Waals surface area (Å²) < 4.78 is 4.47. The van der Waals surface area contributed by atoms with Gasteiger partial charge in [0, 0.05) is 6.04 Å². The molecule has 17 heavy (non-hydrogen) atoms. The SMILES string of the molecule is COC(=O)CNC(=O)C1C2CCC(C2)C1N.Cl. The standard InChI is InChI=1S/C11H18N2O3.ClH/c1-16-8(14)5-13-11(15)9-6-2-3-7(4-6)10(9)12;/h6-7,9-10H,2-5,12H2,1H3,(H,13,15);1H. The van der Waals surface area contributed by atoms with Crippen LogP contribution in [0.4, 0.5) is 0 Å². The van der Waals surface area contributed by atoms with E-state index in [1.54, 1.807) is 0 Å². The van der Waals surface area contributed by atoms with E-state index in [1.165, 1.54) is 7.11 Å². The third kappa shape index (κ3) is 2.72. The van der Waals surface area contributed by atoms with E-state index in [1.807, 2.05) is 0 Å². The molecule has 0 aromatic heterocycles. The highest BCUT2D eigenvalue weighted by Crippen LogP contribution is 2.47. The number of hydrogen-bond acceptors (Lipinski definition) is 4. The lowest BCUT2D eigenvalue weighted by atomic mass is 9.84. The monoisotopic (exact) mass is 262 g/mol. The molecule has 0 saturated heterocycles. The van der Waals surface area contributed by atoms with Crippen LogP contribution in [0.2, 0.25) is 0 Å². The first-order valence-corrected chi connectivity index (χ1v) is 5.73. The Labute approximate surface area is 107 Å². The maximum atomic E-state index is 11.9. The molecule has 98 valence electrons. The lowest BCUT2D eigenvalue weighted by Crippen LogP contribution is -2.46. The fraction of sp³-hybridized carbons (Fsp3) is 0.818. The number of esters is 1. The molecule has 2 bridgehead atoms. The molecule has 2 aliphatic carbocycles. The molecule has 0 aromatic carbocycles. The number of nitrogens with two attached hydrogens (primary N) is 1. The summed E-state index contributed by atoms with van der Waals surface area (Å²) in [4.78, 5) is 22.8. The second kappa shape index (κ2) is 5.69. The van der Waals surface area contributed by atoms with E-state index in [-0.39, 0.29) is 36.8 Å². The van der Waals surface area contributed by atoms with E-state index in [9.17, 15) is 9.59 Å². The minimum absolute atomic E-state index is 0. The number of fused-ring (bicyclic) bond motifs is 2. The van der Waals surface area contributed by atoms with Crippen LogP contribution in [0.15, 0.2) is 0 Å². The van der Waals surface area contributed by atoms with Crippen molar-refractivity contribution in [3.05, 3.63) is 0 Å². The summed E-state index contributed by atoms with van der Waals surface area (Å²) in [5.41, 5.74) is 6.03. The van der Waals surface area contributed by atoms with Gasteiger partial charge in [-0.25, -0.2) is 0 Å². The fourth-order valence-electron chi connectivity index (χ4n) is 3.07. The Morgan fingerprint density at radius 2 is 2.00 bits per heavy atom. The predicted octanol–water partition coefficient (Wildman–Crippen LogP) is 0.0708. The summed E-state index contributed by atoms with van der Waals surface area (Å²) in [6.07, 6.45) is 3.30. The molecular weight excluding hydrogens is 244 g/mol. The quantitative estimate of drug-likeness (QED) is 0.706. The van der Waals surface area contributed by atoms with Gasteiger partial charge in [0.15, 0.2) is 0 Å². The van der Waals surface area contributed by atoms with Crippen LogP contribution in [0.5, 0.6) is 0 Å². The zero-order chi connectivity index (χ0) is 11.7. The predicted molar refractivity (Wildman–Crippen MR) is 64.6 cm³/mol. The number of hydrogen-bond donors (Lipinski definition) is 2. The molecule has 0 spiro atoms. The summed E-state index contributed by atoms with van der Waals surface area (Å²) in [7, 11) is 1.30. The minimum atomic E-state index is -0.426. The van der Waals surface area contributed by atoms with Crippen LogP contribution in [0, 0.1) is 17.8 Å². The molecule has 4 unspecified atom stereocenters. The van der Waals surface area contributed by atoms with Crippen molar-refractivity contribution in [2.45, 2.75) is 25.3 Å². The molecule has 6 heteroatoms. The lowest BCUT2D eigenvalue weighted by molar-refractivity contribution is -0.141. The van der Waals surface area contributed by atoms with Gasteiger partial charge < -0.3 is 15.8 Å². The van der Waals surface area contributed by atoms with E-state index >= 15 is 0 Å². The largest absolute Gasteiger partial charge is 0.468 e. The number of rotatable bonds is 3. The normalized spacial score (nSPS) is 34.0. The Bertz CT molecular complexity index is 309. The number of amides is 1. The summed E-state index contributed by atoms with van der Waals surface area (Å²) in [6, 6.07) is -0.0311. The molecule has 4 atom stereocenters. The topological polar surface area (TPSA) is 81.4 Å². The van der Waals surface area contributed by atoms with E-state index in [0.717, 1.165) is 19.3 Å². The Balaban J connectivity index is 0.00000144. The van der Waals surface area contributed by atoms with Crippen molar-refractivity contribution in [1.29, 1.82) is 0 Å². The summed E-state index contributed by atoms with van der Waals surface area (Å²) in [5, 5.41) is 2.60. The van der Waals surface area contributed by atoms with Crippen LogP contribution in [-0.2, 0) is 14.3 Å². The molecule has 3 N–H and O–H groups in total. The van der Waals surface area contributed by atoms with Gasteiger partial charge in [-0.05, 0) is 31.1 Å². The molecule has 1 amide bonds. The molecular formula is C11H19ClN2O3. The summed E-state index contributed by atoms with van der Waals surface area (Å²) in [5.74, 6) is 0.287. The second-order valence-electron chi connectivity index (χ2n) is 4.73. The summed E-state index contributed by atoms with van der Waals surface area (Å²) in [6.45, 7) is -0.0596. The average molecular weight is 263 g/mol. The maximum absolute atomic E-state index is 11.9. The second-order valence-corrected chi connectivity index (χ2v) is 4.73. The van der Waals surface area contributed by atoms with Crippen LogP contribution in [-0.4, -0.2) is 31.6 Å². The van der Waals surface area contributed by atoms with Crippen LogP contribution in [0.3, 0.4) is 0 Å². The van der Waals surface area contributed by atoms with Gasteiger partial charge in [-0.2, -0.15) is 0 Å². The number of nitrogens with one attached hydrogen (secondary N) is 1. The van der Waals surface area contributed by atoms with Crippen molar-refractivity contribution < 1.29 is 14.3 Å². The number of halogens is 1. The van der Waals surface area contributed by atoms with Gasteiger partial charge in [0.2, 0.25) is 5.91 Å². The fourth-order valence-corrected chi connectivity index (χ4v) is 3.07. The molecule has 0 aliphatic heterocycles. The van der Waals surface area contributed by atoms with Gasteiger partial charge in [0.1, 0.15) is 6.54 Å². The van der Waals surface area contributed by atoms with Crippen molar-refractivity contribution in [2.24, 2.45) is 23.5 Å². The Morgan fingerprint density at radius 1 is 1.35 bits per heavy atom. The lowest BCUT2D eigenvalue weighted by Gasteiger charge is -2.26. The van der Waals surface area contributed by atoms with E-state index in [0.29, 0.717) is 11.8 Å². The van der Waals surface area contributed by atoms with Gasteiger partial charge in [-0.3, -0.25) is 9.59 Å². The molecule has 0 heterocycles. The highest BCUT2D eigenvalue weighted by molar-refractivity contribution is 5.85. The van der Waals surface area contributed by atoms with Crippen molar-refractivity contribution >= 4 is 24.3 Å². The van der Waals surface area contributed by atoms with E-state index in [4.69, 9.17) is 5.73 Å². The first-order chi connectivity index (χ1) is 7.63. The number of methoxy groups -OCH3 is 1. The van der Waals surface area contributed by atoms with Crippen LogP contribution < -0.4 is 11.1 Å². The van der Waals surface area contributed by atoms with E-state index < -0.39 is 5.97 Å². The van der Waals surface area contributed by atoms with Crippen LogP contribution in [0.25, 0.3) is 0 Å². The Morgan fingerprint density at radius 3 is 2.53 bits per heavy atom. The number of ether oxygens (including phenoxy) is 1. The van der Waals surface area contributed by atoms with Crippen molar-refractivity contribution in [2.75, 3.05) is 13.7 Å². The van der Waals surface area contributed by atoms with Crippen molar-refractivity contribution in [3.8, 4) is 0 Å². The van der Waals surface area contributed by atoms with Crippen molar-refractivity contribution in [1.82, 2.24) is 5.32 Å². The van der Waals surface area contributed by atoms with Crippen LogP contribution >= 0.6 is 12.4 Å². The average Bonchev–Trinajstić information content (AvgIpc) is 2.85. The highest BCUT2D eigenvalue weighted by Gasteiger charge is 2.48.